The number of rotatable bonds is 1. The van der Waals surface area contributed by atoms with Crippen LogP contribution < -0.4 is 0 Å². The lowest BCUT2D eigenvalue weighted by atomic mass is 10.1. The molecule has 0 spiro atoms. The quantitative estimate of drug-likeness (QED) is 0.547. The van der Waals surface area contributed by atoms with E-state index in [1.165, 1.54) is 11.1 Å². The Hall–Kier alpha value is -1.18. The second-order valence-corrected chi connectivity index (χ2v) is 2.52. The van der Waals surface area contributed by atoms with Gasteiger partial charge in [0, 0.05) is 7.05 Å². The van der Waals surface area contributed by atoms with Crippen LogP contribution >= 0.6 is 0 Å². The summed E-state index contributed by atoms with van der Waals surface area (Å²) in [5.41, 5.74) is 3.43. The molecule has 0 fully saturated rings. The second kappa shape index (κ2) is 3.28. The zero-order valence-electron chi connectivity index (χ0n) is 7.13. The molecule has 0 amide bonds. The number of nitrogens with zero attached hydrogens (tertiary/aromatic N) is 2. The van der Waals surface area contributed by atoms with E-state index in [1.54, 1.807) is 7.05 Å². The predicted molar refractivity (Wildman–Crippen MR) is 46.4 cm³/mol. The first kappa shape index (κ1) is 7.92. The van der Waals surface area contributed by atoms with Gasteiger partial charge in [-0.2, -0.15) is 10.2 Å². The highest BCUT2D eigenvalue weighted by molar-refractivity contribution is 5.48. The standard InChI is InChI=1S/C9H12N2/c1-7-5-4-6-9(8(7)2)11-10-3/h4-6H,1-3H3. The first-order chi connectivity index (χ1) is 5.25. The zero-order valence-corrected chi connectivity index (χ0v) is 7.13. The second-order valence-electron chi connectivity index (χ2n) is 2.52. The Morgan fingerprint density at radius 2 is 1.91 bits per heavy atom. The molecule has 0 saturated heterocycles. The van der Waals surface area contributed by atoms with Gasteiger partial charge in [-0.3, -0.25) is 0 Å². The Morgan fingerprint density at radius 1 is 1.18 bits per heavy atom. The Morgan fingerprint density at radius 3 is 2.55 bits per heavy atom. The zero-order chi connectivity index (χ0) is 8.27. The molecule has 0 aromatic heterocycles. The van der Waals surface area contributed by atoms with Gasteiger partial charge in [0.15, 0.2) is 0 Å². The largest absolute Gasteiger partial charge is 0.192 e. The van der Waals surface area contributed by atoms with Gasteiger partial charge in [0.1, 0.15) is 0 Å². The van der Waals surface area contributed by atoms with Crippen LogP contribution in [-0.2, 0) is 0 Å². The summed E-state index contributed by atoms with van der Waals surface area (Å²) in [5, 5.41) is 7.72. The topological polar surface area (TPSA) is 24.7 Å². The molecule has 1 aromatic rings. The van der Waals surface area contributed by atoms with Crippen LogP contribution in [0.25, 0.3) is 0 Å². The van der Waals surface area contributed by atoms with E-state index in [0.717, 1.165) is 5.69 Å². The fraction of sp³-hybridized carbons (Fsp3) is 0.333. The lowest BCUT2D eigenvalue weighted by Crippen LogP contribution is -1.78. The third-order valence-corrected chi connectivity index (χ3v) is 1.78. The summed E-state index contributed by atoms with van der Waals surface area (Å²) in [6, 6.07) is 6.03. The van der Waals surface area contributed by atoms with Crippen molar-refractivity contribution in [1.82, 2.24) is 0 Å². The number of hydrogen-bond acceptors (Lipinski definition) is 2. The lowest BCUT2D eigenvalue weighted by molar-refractivity contribution is 1.14. The molecule has 0 saturated carbocycles. The number of benzene rings is 1. The molecule has 0 bridgehead atoms. The van der Waals surface area contributed by atoms with Gasteiger partial charge in [-0.05, 0) is 31.0 Å². The molecule has 0 aliphatic carbocycles. The number of azo groups is 1. The van der Waals surface area contributed by atoms with Crippen molar-refractivity contribution in [2.75, 3.05) is 7.05 Å². The average Bonchev–Trinajstić information content (AvgIpc) is 1.99. The summed E-state index contributed by atoms with van der Waals surface area (Å²) in [6.45, 7) is 4.13. The van der Waals surface area contributed by atoms with Crippen LogP contribution in [0.5, 0.6) is 0 Å². The first-order valence-corrected chi connectivity index (χ1v) is 3.61. The van der Waals surface area contributed by atoms with Gasteiger partial charge in [0.25, 0.3) is 0 Å². The number of hydrogen-bond donors (Lipinski definition) is 0. The van der Waals surface area contributed by atoms with E-state index < -0.39 is 0 Å². The van der Waals surface area contributed by atoms with Gasteiger partial charge < -0.3 is 0 Å². The van der Waals surface area contributed by atoms with E-state index in [0.29, 0.717) is 0 Å². The van der Waals surface area contributed by atoms with E-state index in [-0.39, 0.29) is 0 Å². The summed E-state index contributed by atoms with van der Waals surface area (Å²) in [5.74, 6) is 0. The Labute approximate surface area is 67.0 Å². The van der Waals surface area contributed by atoms with E-state index >= 15 is 0 Å². The molecule has 1 rings (SSSR count). The van der Waals surface area contributed by atoms with Crippen LogP contribution in [0.1, 0.15) is 11.1 Å². The molecule has 0 heterocycles. The van der Waals surface area contributed by atoms with Gasteiger partial charge >= 0.3 is 0 Å². The molecule has 0 N–H and O–H groups in total. The van der Waals surface area contributed by atoms with E-state index in [9.17, 15) is 0 Å². The van der Waals surface area contributed by atoms with Crippen molar-refractivity contribution < 1.29 is 0 Å². The van der Waals surface area contributed by atoms with Crippen LogP contribution in [0.4, 0.5) is 5.69 Å². The van der Waals surface area contributed by atoms with Crippen LogP contribution in [0.3, 0.4) is 0 Å². The van der Waals surface area contributed by atoms with Crippen molar-refractivity contribution in [3.8, 4) is 0 Å². The first-order valence-electron chi connectivity index (χ1n) is 3.61. The van der Waals surface area contributed by atoms with Gasteiger partial charge in [-0.15, -0.1) is 0 Å². The fourth-order valence-electron chi connectivity index (χ4n) is 0.952. The Kier molecular flexibility index (Phi) is 2.36. The van der Waals surface area contributed by atoms with E-state index in [1.807, 2.05) is 12.1 Å². The van der Waals surface area contributed by atoms with Crippen molar-refractivity contribution in [3.63, 3.8) is 0 Å². The Bertz CT molecular complexity index is 277. The van der Waals surface area contributed by atoms with Gasteiger partial charge in [0.2, 0.25) is 0 Å². The van der Waals surface area contributed by atoms with Crippen molar-refractivity contribution in [1.29, 1.82) is 0 Å². The summed E-state index contributed by atoms with van der Waals surface area (Å²) in [7, 11) is 1.68. The molecule has 0 aliphatic heterocycles. The van der Waals surface area contributed by atoms with Crippen molar-refractivity contribution >= 4 is 5.69 Å². The molecular weight excluding hydrogens is 136 g/mol. The predicted octanol–water partition coefficient (Wildman–Crippen LogP) is 3.02. The molecule has 58 valence electrons. The average molecular weight is 148 g/mol. The lowest BCUT2D eigenvalue weighted by Gasteiger charge is -2.00. The maximum Gasteiger partial charge on any atom is 0.0884 e. The SMILES string of the molecule is CN=Nc1cccc(C)c1C. The molecular formula is C9H12N2. The van der Waals surface area contributed by atoms with Gasteiger partial charge in [0.05, 0.1) is 5.69 Å². The van der Waals surface area contributed by atoms with Crippen LogP contribution in [0.15, 0.2) is 28.4 Å². The summed E-state index contributed by atoms with van der Waals surface area (Å²) >= 11 is 0. The summed E-state index contributed by atoms with van der Waals surface area (Å²) < 4.78 is 0. The third kappa shape index (κ3) is 1.64. The molecule has 0 aliphatic rings. The minimum Gasteiger partial charge on any atom is -0.192 e. The highest BCUT2D eigenvalue weighted by atomic mass is 15.1. The van der Waals surface area contributed by atoms with Crippen molar-refractivity contribution in [3.05, 3.63) is 29.3 Å². The third-order valence-electron chi connectivity index (χ3n) is 1.78. The summed E-state index contributed by atoms with van der Waals surface area (Å²) in [6.07, 6.45) is 0. The van der Waals surface area contributed by atoms with Crippen molar-refractivity contribution in [2.24, 2.45) is 10.2 Å². The molecule has 11 heavy (non-hydrogen) atoms. The molecule has 0 unspecified atom stereocenters. The fourth-order valence-corrected chi connectivity index (χ4v) is 0.952. The minimum absolute atomic E-state index is 0.965. The normalized spacial score (nSPS) is 10.8. The van der Waals surface area contributed by atoms with Crippen molar-refractivity contribution in [2.45, 2.75) is 13.8 Å². The molecule has 0 radical (unpaired) electrons. The molecule has 1 aromatic carbocycles. The molecule has 0 atom stereocenters. The maximum atomic E-state index is 3.99. The highest BCUT2D eigenvalue weighted by Crippen LogP contribution is 2.20. The number of aryl methyl sites for hydroxylation is 1. The van der Waals surface area contributed by atoms with Crippen LogP contribution in [0, 0.1) is 13.8 Å². The molecule has 2 heteroatoms. The monoisotopic (exact) mass is 148 g/mol. The van der Waals surface area contributed by atoms with Crippen LogP contribution in [-0.4, -0.2) is 7.05 Å². The van der Waals surface area contributed by atoms with Gasteiger partial charge in [-0.1, -0.05) is 12.1 Å². The van der Waals surface area contributed by atoms with E-state index in [2.05, 4.69) is 30.1 Å². The molecule has 2 nitrogen and oxygen atoms in total. The maximum absolute atomic E-state index is 3.99. The Balaban J connectivity index is 3.16. The van der Waals surface area contributed by atoms with Gasteiger partial charge in [-0.25, -0.2) is 0 Å². The van der Waals surface area contributed by atoms with E-state index in [4.69, 9.17) is 0 Å². The smallest absolute Gasteiger partial charge is 0.0884 e. The minimum atomic E-state index is 0.965. The highest BCUT2D eigenvalue weighted by Gasteiger charge is 1.96. The van der Waals surface area contributed by atoms with Crippen LogP contribution in [0.2, 0.25) is 0 Å². The summed E-state index contributed by atoms with van der Waals surface area (Å²) in [4.78, 5) is 0.